The SMILES string of the molecule is CC(C)OC(=O)C(C)NP(Oc1cccc2ccccc12)OC(C)C1CCC(n2cnc3c(N)ncnc32)O1.CCC(=O)O.CCC(=O)O. The highest BCUT2D eigenvalue weighted by molar-refractivity contribution is 7.45. The number of rotatable bonds is 12. The van der Waals surface area contributed by atoms with E-state index >= 15 is 0 Å². The number of aromatic nitrogens is 4. The number of fused-ring (bicyclic) bond motifs is 2. The Hall–Kier alpha value is -4.43. The first-order chi connectivity index (χ1) is 23.3. The van der Waals surface area contributed by atoms with Gasteiger partial charge in [-0.3, -0.25) is 19.0 Å². The van der Waals surface area contributed by atoms with Gasteiger partial charge in [0.1, 0.15) is 29.9 Å². The molecule has 5 N–H and O–H groups in total. The highest BCUT2D eigenvalue weighted by atomic mass is 31.2. The van der Waals surface area contributed by atoms with Crippen LogP contribution in [-0.2, 0) is 28.4 Å². The standard InChI is InChI=1S/C27H33N6O5P.2C3H6O2/c1-16(2)35-27(34)17(3)32-39(38-22-11-7-9-19-8-5-6-10-20(19)22)37-18(4)21-12-13-23(36-21)33-15-31-24-25(28)29-14-30-26(24)33;2*1-2-3(4)5/h5-11,14-18,21,23,32H,12-13H2,1-4H3,(H2,28,29,30);2*2H2,1H3,(H,4,5). The molecule has 1 saturated heterocycles. The molecule has 0 aliphatic carbocycles. The average Bonchev–Trinajstić information content (AvgIpc) is 3.74. The largest absolute Gasteiger partial charge is 0.481 e. The van der Waals surface area contributed by atoms with E-state index in [1.807, 2.05) is 67.8 Å². The lowest BCUT2D eigenvalue weighted by molar-refractivity contribution is -0.149. The molecule has 1 aliphatic heterocycles. The van der Waals surface area contributed by atoms with E-state index in [0.717, 1.165) is 23.6 Å². The number of carbonyl (C=O) groups is 3. The maximum absolute atomic E-state index is 12.6. The molecule has 3 heterocycles. The second-order valence-electron chi connectivity index (χ2n) is 11.3. The maximum atomic E-state index is 12.6. The van der Waals surface area contributed by atoms with Gasteiger partial charge in [0, 0.05) is 18.2 Å². The first-order valence-corrected chi connectivity index (χ1v) is 17.1. The van der Waals surface area contributed by atoms with Gasteiger partial charge >= 0.3 is 26.4 Å². The van der Waals surface area contributed by atoms with Crippen molar-refractivity contribution in [1.82, 2.24) is 24.6 Å². The van der Waals surface area contributed by atoms with E-state index in [1.165, 1.54) is 6.33 Å². The van der Waals surface area contributed by atoms with Gasteiger partial charge in [0.05, 0.1) is 24.6 Å². The Morgan fingerprint density at radius 3 is 2.31 bits per heavy atom. The number of anilines is 1. The summed E-state index contributed by atoms with van der Waals surface area (Å²) < 4.78 is 26.4. The fourth-order valence-electron chi connectivity index (χ4n) is 4.48. The lowest BCUT2D eigenvalue weighted by atomic mass is 10.1. The Labute approximate surface area is 286 Å². The van der Waals surface area contributed by atoms with Gasteiger partial charge in [0.2, 0.25) is 0 Å². The number of nitrogen functional groups attached to an aromatic ring is 1. The summed E-state index contributed by atoms with van der Waals surface area (Å²) in [6.07, 6.45) is 4.00. The van der Waals surface area contributed by atoms with E-state index in [0.29, 0.717) is 22.7 Å². The fraction of sp³-hybridized carbons (Fsp3) is 0.455. The van der Waals surface area contributed by atoms with Crippen LogP contribution in [0.2, 0.25) is 0 Å². The molecule has 0 saturated carbocycles. The van der Waals surface area contributed by atoms with Gasteiger partial charge in [-0.15, -0.1) is 0 Å². The minimum Gasteiger partial charge on any atom is -0.481 e. The van der Waals surface area contributed by atoms with Crippen LogP contribution in [0.4, 0.5) is 5.82 Å². The van der Waals surface area contributed by atoms with Crippen LogP contribution in [0, 0.1) is 0 Å². The molecule has 5 rings (SSSR count). The zero-order valence-electron chi connectivity index (χ0n) is 28.5. The number of imidazole rings is 1. The topological polar surface area (TPSA) is 210 Å². The van der Waals surface area contributed by atoms with Crippen molar-refractivity contribution >= 4 is 54.2 Å². The number of nitrogens with two attached hydrogens (primary N) is 1. The van der Waals surface area contributed by atoms with E-state index in [4.69, 9.17) is 34.5 Å². The molecule has 49 heavy (non-hydrogen) atoms. The highest BCUT2D eigenvalue weighted by Gasteiger charge is 2.35. The minimum absolute atomic E-state index is 0.215. The van der Waals surface area contributed by atoms with Gasteiger partial charge in [0.15, 0.2) is 11.5 Å². The van der Waals surface area contributed by atoms with Crippen LogP contribution >= 0.6 is 8.53 Å². The van der Waals surface area contributed by atoms with Crippen LogP contribution in [0.5, 0.6) is 5.75 Å². The molecular weight excluding hydrogens is 655 g/mol. The van der Waals surface area contributed by atoms with Crippen molar-refractivity contribution in [2.24, 2.45) is 0 Å². The predicted molar refractivity (Wildman–Crippen MR) is 185 cm³/mol. The van der Waals surface area contributed by atoms with Gasteiger partial charge in [0.25, 0.3) is 0 Å². The summed E-state index contributed by atoms with van der Waals surface area (Å²) in [5.74, 6) is -0.871. The number of nitrogens with one attached hydrogen (secondary N) is 1. The van der Waals surface area contributed by atoms with Crippen LogP contribution in [0.3, 0.4) is 0 Å². The molecule has 0 spiro atoms. The van der Waals surface area contributed by atoms with Gasteiger partial charge in [-0.1, -0.05) is 50.2 Å². The van der Waals surface area contributed by atoms with Crippen molar-refractivity contribution in [3.8, 4) is 5.75 Å². The summed E-state index contributed by atoms with van der Waals surface area (Å²) >= 11 is 0. The number of carbonyl (C=O) groups excluding carboxylic acids is 1. The van der Waals surface area contributed by atoms with Crippen molar-refractivity contribution < 1.29 is 43.1 Å². The van der Waals surface area contributed by atoms with E-state index in [-0.39, 0.29) is 43.4 Å². The Bertz CT molecular complexity index is 1670. The molecule has 1 fully saturated rings. The first kappa shape index (κ1) is 39.0. The third kappa shape index (κ3) is 11.6. The van der Waals surface area contributed by atoms with Gasteiger partial charge in [-0.05, 0) is 52.0 Å². The number of carboxylic acid groups (broad SMARTS) is 2. The predicted octanol–water partition coefficient (Wildman–Crippen LogP) is 5.84. The summed E-state index contributed by atoms with van der Waals surface area (Å²) in [7, 11) is -1.74. The second-order valence-corrected chi connectivity index (χ2v) is 12.4. The third-order valence-electron chi connectivity index (χ3n) is 7.05. The fourth-order valence-corrected chi connectivity index (χ4v) is 5.84. The Morgan fingerprint density at radius 1 is 1.00 bits per heavy atom. The number of ether oxygens (including phenoxy) is 2. The molecule has 15 nitrogen and oxygen atoms in total. The molecule has 5 atom stereocenters. The maximum Gasteiger partial charge on any atom is 0.323 e. The van der Waals surface area contributed by atoms with E-state index < -0.39 is 26.5 Å². The van der Waals surface area contributed by atoms with Crippen LogP contribution < -0.4 is 15.3 Å². The summed E-state index contributed by atoms with van der Waals surface area (Å²) in [5.41, 5.74) is 7.12. The zero-order valence-corrected chi connectivity index (χ0v) is 29.4. The molecule has 16 heteroatoms. The third-order valence-corrected chi connectivity index (χ3v) is 8.54. The van der Waals surface area contributed by atoms with E-state index in [2.05, 4.69) is 20.0 Å². The Morgan fingerprint density at radius 2 is 1.65 bits per heavy atom. The number of benzene rings is 2. The van der Waals surface area contributed by atoms with Crippen molar-refractivity contribution in [3.63, 3.8) is 0 Å². The second kappa shape index (κ2) is 18.9. The first-order valence-electron chi connectivity index (χ1n) is 16.0. The van der Waals surface area contributed by atoms with E-state index in [1.54, 1.807) is 27.1 Å². The van der Waals surface area contributed by atoms with Crippen molar-refractivity contribution in [2.45, 2.75) is 97.8 Å². The summed E-state index contributed by atoms with van der Waals surface area (Å²) in [5, 5.41) is 20.6. The number of nitrogens with zero attached hydrogens (tertiary/aromatic N) is 4. The van der Waals surface area contributed by atoms with Crippen LogP contribution in [0.1, 0.15) is 73.5 Å². The number of hydrogen-bond donors (Lipinski definition) is 4. The highest BCUT2D eigenvalue weighted by Crippen LogP contribution is 2.43. The summed E-state index contributed by atoms with van der Waals surface area (Å²) in [6, 6.07) is 13.2. The summed E-state index contributed by atoms with van der Waals surface area (Å²) in [4.78, 5) is 44.0. The smallest absolute Gasteiger partial charge is 0.323 e. The molecule has 5 unspecified atom stereocenters. The van der Waals surface area contributed by atoms with Gasteiger partial charge in [-0.25, -0.2) is 20.0 Å². The molecule has 4 aromatic rings. The van der Waals surface area contributed by atoms with Crippen LogP contribution in [-0.4, -0.2) is 72.0 Å². The Balaban J connectivity index is 0.000000571. The number of hydrogen-bond acceptors (Lipinski definition) is 12. The molecule has 0 amide bonds. The van der Waals surface area contributed by atoms with Crippen molar-refractivity contribution in [3.05, 3.63) is 55.1 Å². The van der Waals surface area contributed by atoms with Crippen LogP contribution in [0.25, 0.3) is 21.9 Å². The normalized spacial score (nSPS) is 17.3. The molecule has 0 bridgehead atoms. The lowest BCUT2D eigenvalue weighted by Gasteiger charge is -2.28. The molecule has 266 valence electrons. The van der Waals surface area contributed by atoms with Crippen molar-refractivity contribution in [2.75, 3.05) is 5.73 Å². The number of esters is 1. The quantitative estimate of drug-likeness (QED) is 0.101. The summed E-state index contributed by atoms with van der Waals surface area (Å²) in [6.45, 7) is 10.5. The zero-order chi connectivity index (χ0) is 36.1. The lowest BCUT2D eigenvalue weighted by Crippen LogP contribution is -2.36. The van der Waals surface area contributed by atoms with Gasteiger partial charge in [-0.2, -0.15) is 0 Å². The Kier molecular flexibility index (Phi) is 15.1. The monoisotopic (exact) mass is 700 g/mol. The van der Waals surface area contributed by atoms with Crippen molar-refractivity contribution in [1.29, 1.82) is 0 Å². The van der Waals surface area contributed by atoms with Crippen LogP contribution in [0.15, 0.2) is 55.1 Å². The van der Waals surface area contributed by atoms with Gasteiger partial charge < -0.3 is 34.5 Å². The molecule has 2 aromatic heterocycles. The number of carboxylic acids is 2. The molecule has 2 aromatic carbocycles. The average molecular weight is 701 g/mol. The minimum atomic E-state index is -1.74. The number of aliphatic carboxylic acids is 2. The molecule has 1 aliphatic rings. The molecule has 0 radical (unpaired) electrons. The molecular formula is C33H45N6O9P. The van der Waals surface area contributed by atoms with E-state index in [9.17, 15) is 14.4 Å².